The number of aromatic nitrogens is 1. The predicted octanol–water partition coefficient (Wildman–Crippen LogP) is 1.28. The molecule has 2 heterocycles. The summed E-state index contributed by atoms with van der Waals surface area (Å²) in [4.78, 5) is 9.01. The van der Waals surface area contributed by atoms with Crippen LogP contribution >= 0.6 is 0 Å². The lowest BCUT2D eigenvalue weighted by Gasteiger charge is -2.38. The first-order valence-electron chi connectivity index (χ1n) is 6.17. The summed E-state index contributed by atoms with van der Waals surface area (Å²) in [5.41, 5.74) is 1.88. The van der Waals surface area contributed by atoms with Gasteiger partial charge in [-0.1, -0.05) is 0 Å². The first-order valence-corrected chi connectivity index (χ1v) is 6.17. The van der Waals surface area contributed by atoms with Crippen LogP contribution in [0.4, 0.5) is 5.69 Å². The number of piperazine rings is 1. The number of pyridine rings is 1. The SMILES string of the molecule is CC(O)c1ccc(N2CCN(C)C(C)C2)cn1. The van der Waals surface area contributed by atoms with Gasteiger partial charge < -0.3 is 14.9 Å². The van der Waals surface area contributed by atoms with Crippen LogP contribution in [0.3, 0.4) is 0 Å². The van der Waals surface area contributed by atoms with Gasteiger partial charge in [0.25, 0.3) is 0 Å². The predicted molar refractivity (Wildman–Crippen MR) is 69.2 cm³/mol. The third kappa shape index (κ3) is 2.76. The lowest BCUT2D eigenvalue weighted by atomic mass is 10.2. The van der Waals surface area contributed by atoms with E-state index in [1.54, 1.807) is 6.92 Å². The van der Waals surface area contributed by atoms with E-state index >= 15 is 0 Å². The zero-order valence-electron chi connectivity index (χ0n) is 10.8. The molecule has 1 aliphatic heterocycles. The fourth-order valence-corrected chi connectivity index (χ4v) is 2.11. The zero-order chi connectivity index (χ0) is 12.4. The molecule has 1 N–H and O–H groups in total. The van der Waals surface area contributed by atoms with Crippen molar-refractivity contribution in [1.29, 1.82) is 0 Å². The molecule has 2 rings (SSSR count). The first kappa shape index (κ1) is 12.3. The third-order valence-electron chi connectivity index (χ3n) is 3.52. The molecule has 0 radical (unpaired) electrons. The third-order valence-corrected chi connectivity index (χ3v) is 3.52. The standard InChI is InChI=1S/C13H21N3O/c1-10-9-16(7-6-15(10)3)12-4-5-13(11(2)17)14-8-12/h4-5,8,10-11,17H,6-7,9H2,1-3H3. The summed E-state index contributed by atoms with van der Waals surface area (Å²) in [6.07, 6.45) is 1.37. The molecular formula is C13H21N3O. The highest BCUT2D eigenvalue weighted by Gasteiger charge is 2.20. The molecule has 1 aromatic rings. The summed E-state index contributed by atoms with van der Waals surface area (Å²) >= 11 is 0. The van der Waals surface area contributed by atoms with E-state index in [0.29, 0.717) is 6.04 Å². The van der Waals surface area contributed by atoms with Crippen LogP contribution in [0.1, 0.15) is 25.6 Å². The summed E-state index contributed by atoms with van der Waals surface area (Å²) in [5, 5.41) is 9.42. The Hall–Kier alpha value is -1.13. The van der Waals surface area contributed by atoms with Crippen LogP contribution in [0.5, 0.6) is 0 Å². The van der Waals surface area contributed by atoms with Crippen LogP contribution in [-0.2, 0) is 0 Å². The Labute approximate surface area is 103 Å². The number of hydrogen-bond acceptors (Lipinski definition) is 4. The molecule has 1 saturated heterocycles. The fraction of sp³-hybridized carbons (Fsp3) is 0.615. The zero-order valence-corrected chi connectivity index (χ0v) is 10.8. The average Bonchev–Trinajstić information content (AvgIpc) is 2.33. The molecule has 94 valence electrons. The molecule has 0 spiro atoms. The Morgan fingerprint density at radius 2 is 2.18 bits per heavy atom. The molecular weight excluding hydrogens is 214 g/mol. The topological polar surface area (TPSA) is 39.6 Å². The summed E-state index contributed by atoms with van der Waals surface area (Å²) < 4.78 is 0. The van der Waals surface area contributed by atoms with Crippen molar-refractivity contribution in [3.8, 4) is 0 Å². The quantitative estimate of drug-likeness (QED) is 0.838. The maximum absolute atomic E-state index is 9.42. The van der Waals surface area contributed by atoms with Gasteiger partial charge in [-0.05, 0) is 33.0 Å². The summed E-state index contributed by atoms with van der Waals surface area (Å²) in [7, 11) is 2.16. The largest absolute Gasteiger partial charge is 0.387 e. The number of nitrogens with zero attached hydrogens (tertiary/aromatic N) is 3. The minimum absolute atomic E-state index is 0.490. The fourth-order valence-electron chi connectivity index (χ4n) is 2.11. The van der Waals surface area contributed by atoms with Gasteiger partial charge in [-0.3, -0.25) is 4.98 Å². The molecule has 1 fully saturated rings. The van der Waals surface area contributed by atoms with E-state index in [0.717, 1.165) is 31.0 Å². The van der Waals surface area contributed by atoms with Crippen molar-refractivity contribution < 1.29 is 5.11 Å². The number of aliphatic hydroxyl groups is 1. The van der Waals surface area contributed by atoms with Crippen LogP contribution in [0, 0.1) is 0 Å². The van der Waals surface area contributed by atoms with Gasteiger partial charge in [0.15, 0.2) is 0 Å². The maximum atomic E-state index is 9.42. The van der Waals surface area contributed by atoms with Crippen LogP contribution in [-0.4, -0.2) is 47.7 Å². The highest BCUT2D eigenvalue weighted by molar-refractivity contribution is 5.45. The van der Waals surface area contributed by atoms with Crippen LogP contribution in [0.2, 0.25) is 0 Å². The van der Waals surface area contributed by atoms with Crippen molar-refractivity contribution in [2.45, 2.75) is 26.0 Å². The Bertz CT molecular complexity index is 363. The Morgan fingerprint density at radius 1 is 1.41 bits per heavy atom. The molecule has 4 nitrogen and oxygen atoms in total. The second kappa shape index (κ2) is 5.02. The minimum Gasteiger partial charge on any atom is -0.387 e. The second-order valence-corrected chi connectivity index (χ2v) is 4.89. The average molecular weight is 235 g/mol. The smallest absolute Gasteiger partial charge is 0.0931 e. The van der Waals surface area contributed by atoms with E-state index in [-0.39, 0.29) is 0 Å². The lowest BCUT2D eigenvalue weighted by Crippen LogP contribution is -2.50. The van der Waals surface area contributed by atoms with Gasteiger partial charge in [-0.2, -0.15) is 0 Å². The molecule has 0 saturated carbocycles. The minimum atomic E-state index is -0.490. The van der Waals surface area contributed by atoms with Crippen molar-refractivity contribution in [3.05, 3.63) is 24.0 Å². The summed E-state index contributed by atoms with van der Waals surface area (Å²) in [5.74, 6) is 0. The Balaban J connectivity index is 2.07. The number of anilines is 1. The Morgan fingerprint density at radius 3 is 2.71 bits per heavy atom. The molecule has 2 atom stereocenters. The normalized spacial score (nSPS) is 23.8. The number of hydrogen-bond donors (Lipinski definition) is 1. The van der Waals surface area contributed by atoms with E-state index in [1.807, 2.05) is 18.3 Å². The van der Waals surface area contributed by atoms with Crippen molar-refractivity contribution in [3.63, 3.8) is 0 Å². The van der Waals surface area contributed by atoms with Gasteiger partial charge in [0.05, 0.1) is 23.7 Å². The van der Waals surface area contributed by atoms with Gasteiger partial charge in [0, 0.05) is 25.7 Å². The van der Waals surface area contributed by atoms with Gasteiger partial charge in [0.2, 0.25) is 0 Å². The molecule has 0 amide bonds. The monoisotopic (exact) mass is 235 g/mol. The molecule has 0 bridgehead atoms. The Kier molecular flexibility index (Phi) is 3.64. The van der Waals surface area contributed by atoms with Crippen molar-refractivity contribution >= 4 is 5.69 Å². The number of aliphatic hydroxyl groups excluding tert-OH is 1. The van der Waals surface area contributed by atoms with E-state index < -0.39 is 6.10 Å². The van der Waals surface area contributed by atoms with Crippen LogP contribution in [0.15, 0.2) is 18.3 Å². The van der Waals surface area contributed by atoms with Crippen LogP contribution < -0.4 is 4.90 Å². The highest BCUT2D eigenvalue weighted by atomic mass is 16.3. The molecule has 2 unspecified atom stereocenters. The van der Waals surface area contributed by atoms with Gasteiger partial charge >= 0.3 is 0 Å². The molecule has 1 aliphatic rings. The molecule has 0 aliphatic carbocycles. The first-order chi connectivity index (χ1) is 8.08. The highest BCUT2D eigenvalue weighted by Crippen LogP contribution is 2.19. The molecule has 1 aromatic heterocycles. The molecule has 17 heavy (non-hydrogen) atoms. The van der Waals surface area contributed by atoms with E-state index in [9.17, 15) is 5.11 Å². The number of likely N-dealkylation sites (N-methyl/N-ethyl adjacent to an activating group) is 1. The van der Waals surface area contributed by atoms with Crippen LogP contribution in [0.25, 0.3) is 0 Å². The van der Waals surface area contributed by atoms with Crippen molar-refractivity contribution in [2.75, 3.05) is 31.6 Å². The number of rotatable bonds is 2. The molecule has 4 heteroatoms. The van der Waals surface area contributed by atoms with Gasteiger partial charge in [-0.15, -0.1) is 0 Å². The van der Waals surface area contributed by atoms with Gasteiger partial charge in [-0.25, -0.2) is 0 Å². The van der Waals surface area contributed by atoms with Gasteiger partial charge in [0.1, 0.15) is 0 Å². The molecule has 0 aromatic carbocycles. The van der Waals surface area contributed by atoms with E-state index in [2.05, 4.69) is 28.8 Å². The van der Waals surface area contributed by atoms with Crippen molar-refractivity contribution in [2.24, 2.45) is 0 Å². The summed E-state index contributed by atoms with van der Waals surface area (Å²) in [6.45, 7) is 7.13. The second-order valence-electron chi connectivity index (χ2n) is 4.89. The maximum Gasteiger partial charge on any atom is 0.0931 e. The lowest BCUT2D eigenvalue weighted by molar-refractivity contribution is 0.194. The van der Waals surface area contributed by atoms with E-state index in [4.69, 9.17) is 0 Å². The van der Waals surface area contributed by atoms with Crippen molar-refractivity contribution in [1.82, 2.24) is 9.88 Å². The van der Waals surface area contributed by atoms with E-state index in [1.165, 1.54) is 0 Å². The summed E-state index contributed by atoms with van der Waals surface area (Å²) in [6, 6.07) is 4.52.